The second-order valence-corrected chi connectivity index (χ2v) is 6.58. The highest BCUT2D eigenvalue weighted by atomic mass is 19.1. The third kappa shape index (κ3) is 2.86. The van der Waals surface area contributed by atoms with E-state index in [1.54, 1.807) is 12.1 Å². The summed E-state index contributed by atoms with van der Waals surface area (Å²) in [7, 11) is 0. The highest BCUT2D eigenvalue weighted by Gasteiger charge is 2.35. The number of benzene rings is 1. The number of rotatable bonds is 4. The van der Waals surface area contributed by atoms with Crippen molar-refractivity contribution in [3.63, 3.8) is 0 Å². The summed E-state index contributed by atoms with van der Waals surface area (Å²) in [6, 6.07) is 6.42. The van der Waals surface area contributed by atoms with E-state index in [9.17, 15) is 4.39 Å². The van der Waals surface area contributed by atoms with Gasteiger partial charge in [-0.25, -0.2) is 4.39 Å². The van der Waals surface area contributed by atoms with E-state index in [1.165, 1.54) is 36.8 Å². The Morgan fingerprint density at radius 1 is 1.24 bits per heavy atom. The van der Waals surface area contributed by atoms with Crippen LogP contribution in [0.15, 0.2) is 18.2 Å². The van der Waals surface area contributed by atoms with Crippen LogP contribution in [0.25, 0.3) is 0 Å². The summed E-state index contributed by atoms with van der Waals surface area (Å²) < 4.78 is 13.4. The molecule has 2 N–H and O–H groups in total. The van der Waals surface area contributed by atoms with Crippen molar-refractivity contribution in [1.82, 2.24) is 4.90 Å². The fraction of sp³-hybridized carbons (Fsp3) is 0.667. The molecule has 0 heterocycles. The van der Waals surface area contributed by atoms with Gasteiger partial charge in [0.25, 0.3) is 0 Å². The summed E-state index contributed by atoms with van der Waals surface area (Å²) in [5.74, 6) is 0.526. The van der Waals surface area contributed by atoms with E-state index in [2.05, 4.69) is 11.8 Å². The Morgan fingerprint density at radius 3 is 2.81 bits per heavy atom. The van der Waals surface area contributed by atoms with Crippen molar-refractivity contribution in [3.05, 3.63) is 35.1 Å². The number of nitrogens with zero attached hydrogens (tertiary/aromatic N) is 1. The number of aryl methyl sites for hydroxylation is 1. The minimum atomic E-state index is -0.102. The smallest absolute Gasteiger partial charge is 0.123 e. The standard InChI is InChI=1S/C18H27FN2/c1-2-21(17-6-4-3-5-14(17)12-20)18-10-7-13-11-15(19)8-9-16(13)18/h8-9,11,14,17-18H,2-7,10,12,20H2,1H3. The maximum Gasteiger partial charge on any atom is 0.123 e. The summed E-state index contributed by atoms with van der Waals surface area (Å²) in [4.78, 5) is 2.65. The van der Waals surface area contributed by atoms with Gasteiger partial charge >= 0.3 is 0 Å². The van der Waals surface area contributed by atoms with Gasteiger partial charge in [-0.1, -0.05) is 25.8 Å². The van der Waals surface area contributed by atoms with Crippen LogP contribution >= 0.6 is 0 Å². The molecule has 3 unspecified atom stereocenters. The van der Waals surface area contributed by atoms with Gasteiger partial charge < -0.3 is 5.73 Å². The largest absolute Gasteiger partial charge is 0.330 e. The van der Waals surface area contributed by atoms with E-state index in [0.29, 0.717) is 18.0 Å². The molecular weight excluding hydrogens is 263 g/mol. The van der Waals surface area contributed by atoms with Crippen molar-refractivity contribution >= 4 is 0 Å². The summed E-state index contributed by atoms with van der Waals surface area (Å²) >= 11 is 0. The first-order valence-electron chi connectivity index (χ1n) is 8.48. The van der Waals surface area contributed by atoms with E-state index >= 15 is 0 Å². The molecule has 116 valence electrons. The summed E-state index contributed by atoms with van der Waals surface area (Å²) in [6.45, 7) is 4.11. The maximum atomic E-state index is 13.4. The molecule has 0 aromatic heterocycles. The predicted octanol–water partition coefficient (Wildman–Crippen LogP) is 3.65. The molecule has 0 bridgehead atoms. The van der Waals surface area contributed by atoms with Crippen LogP contribution in [0.5, 0.6) is 0 Å². The quantitative estimate of drug-likeness (QED) is 0.917. The van der Waals surface area contributed by atoms with Gasteiger partial charge in [-0.15, -0.1) is 0 Å². The summed E-state index contributed by atoms with van der Waals surface area (Å²) in [6.07, 6.45) is 7.31. The molecule has 0 amide bonds. The number of hydrogen-bond acceptors (Lipinski definition) is 2. The van der Waals surface area contributed by atoms with Crippen molar-refractivity contribution in [2.75, 3.05) is 13.1 Å². The van der Waals surface area contributed by atoms with Gasteiger partial charge in [0.2, 0.25) is 0 Å². The van der Waals surface area contributed by atoms with Crippen LogP contribution in [-0.4, -0.2) is 24.0 Å². The zero-order chi connectivity index (χ0) is 14.8. The number of halogens is 1. The van der Waals surface area contributed by atoms with Crippen molar-refractivity contribution in [3.8, 4) is 0 Å². The van der Waals surface area contributed by atoms with Crippen LogP contribution in [-0.2, 0) is 6.42 Å². The first kappa shape index (κ1) is 15.0. The molecule has 1 saturated carbocycles. The fourth-order valence-electron chi connectivity index (χ4n) is 4.49. The van der Waals surface area contributed by atoms with E-state index in [0.717, 1.165) is 25.9 Å². The number of nitrogens with two attached hydrogens (primary N) is 1. The van der Waals surface area contributed by atoms with Gasteiger partial charge in [0, 0.05) is 12.1 Å². The average molecular weight is 290 g/mol. The van der Waals surface area contributed by atoms with Crippen LogP contribution < -0.4 is 5.73 Å². The Balaban J connectivity index is 1.84. The summed E-state index contributed by atoms with van der Waals surface area (Å²) in [5, 5.41) is 0. The van der Waals surface area contributed by atoms with Crippen molar-refractivity contribution in [2.24, 2.45) is 11.7 Å². The lowest BCUT2D eigenvalue weighted by Gasteiger charge is -2.42. The molecule has 1 aromatic rings. The van der Waals surface area contributed by atoms with E-state index in [-0.39, 0.29) is 5.82 Å². The zero-order valence-electron chi connectivity index (χ0n) is 13.0. The fourth-order valence-corrected chi connectivity index (χ4v) is 4.49. The van der Waals surface area contributed by atoms with Crippen LogP contribution in [0, 0.1) is 11.7 Å². The topological polar surface area (TPSA) is 29.3 Å². The van der Waals surface area contributed by atoms with Gasteiger partial charge in [0.1, 0.15) is 5.82 Å². The molecular formula is C18H27FN2. The van der Waals surface area contributed by atoms with E-state index in [4.69, 9.17) is 5.73 Å². The molecule has 3 rings (SSSR count). The molecule has 2 nitrogen and oxygen atoms in total. The Bertz CT molecular complexity index is 488. The highest BCUT2D eigenvalue weighted by Crippen LogP contribution is 2.40. The van der Waals surface area contributed by atoms with Crippen molar-refractivity contribution < 1.29 is 4.39 Å². The maximum absolute atomic E-state index is 13.4. The molecule has 1 aromatic carbocycles. The van der Waals surface area contributed by atoms with Gasteiger partial charge in [-0.05, 0) is 68.0 Å². The number of fused-ring (bicyclic) bond motifs is 1. The average Bonchev–Trinajstić information content (AvgIpc) is 2.91. The Morgan fingerprint density at radius 2 is 2.05 bits per heavy atom. The van der Waals surface area contributed by atoms with Gasteiger partial charge in [-0.2, -0.15) is 0 Å². The molecule has 2 aliphatic rings. The lowest BCUT2D eigenvalue weighted by molar-refractivity contribution is 0.0701. The number of hydrogen-bond donors (Lipinski definition) is 1. The lowest BCUT2D eigenvalue weighted by Crippen LogP contribution is -2.46. The van der Waals surface area contributed by atoms with Gasteiger partial charge in [-0.3, -0.25) is 4.90 Å². The van der Waals surface area contributed by atoms with Gasteiger partial charge in [0.05, 0.1) is 0 Å². The predicted molar refractivity (Wildman–Crippen MR) is 84.6 cm³/mol. The first-order chi connectivity index (χ1) is 10.2. The highest BCUT2D eigenvalue weighted by molar-refractivity contribution is 5.35. The van der Waals surface area contributed by atoms with Crippen LogP contribution in [0.4, 0.5) is 4.39 Å². The van der Waals surface area contributed by atoms with Crippen LogP contribution in [0.1, 0.15) is 56.2 Å². The molecule has 3 heteroatoms. The molecule has 3 atom stereocenters. The molecule has 21 heavy (non-hydrogen) atoms. The molecule has 0 radical (unpaired) electrons. The third-order valence-corrected chi connectivity index (χ3v) is 5.51. The molecule has 0 spiro atoms. The van der Waals surface area contributed by atoms with Crippen LogP contribution in [0.2, 0.25) is 0 Å². The summed E-state index contributed by atoms with van der Waals surface area (Å²) in [5.41, 5.74) is 8.58. The first-order valence-corrected chi connectivity index (χ1v) is 8.48. The Kier molecular flexibility index (Phi) is 4.60. The minimum absolute atomic E-state index is 0.102. The van der Waals surface area contributed by atoms with E-state index < -0.39 is 0 Å². The Labute approximate surface area is 127 Å². The normalized spacial score (nSPS) is 28.9. The molecule has 2 aliphatic carbocycles. The second-order valence-electron chi connectivity index (χ2n) is 6.58. The third-order valence-electron chi connectivity index (χ3n) is 5.51. The zero-order valence-corrected chi connectivity index (χ0v) is 13.0. The second kappa shape index (κ2) is 6.45. The van der Waals surface area contributed by atoms with Crippen molar-refractivity contribution in [2.45, 2.75) is 57.5 Å². The SMILES string of the molecule is CCN(C1CCc2cc(F)ccc21)C1CCCCC1CN. The van der Waals surface area contributed by atoms with Gasteiger partial charge in [0.15, 0.2) is 0 Å². The molecule has 0 saturated heterocycles. The van der Waals surface area contributed by atoms with E-state index in [1.807, 2.05) is 6.07 Å². The lowest BCUT2D eigenvalue weighted by atomic mass is 9.82. The van der Waals surface area contributed by atoms with Crippen molar-refractivity contribution in [1.29, 1.82) is 0 Å². The minimum Gasteiger partial charge on any atom is -0.330 e. The monoisotopic (exact) mass is 290 g/mol. The molecule has 0 aliphatic heterocycles. The molecule has 1 fully saturated rings. The van der Waals surface area contributed by atoms with Crippen LogP contribution in [0.3, 0.4) is 0 Å². The Hall–Kier alpha value is -0.930.